The zero-order valence-corrected chi connectivity index (χ0v) is 15.3. The van der Waals surface area contributed by atoms with Crippen molar-refractivity contribution < 1.29 is 14.2 Å². The molecule has 130 valence electrons. The predicted octanol–water partition coefficient (Wildman–Crippen LogP) is 3.05. The third kappa shape index (κ3) is 4.20. The van der Waals surface area contributed by atoms with E-state index >= 15 is 0 Å². The van der Waals surface area contributed by atoms with Crippen molar-refractivity contribution in [1.82, 2.24) is 9.80 Å². The first-order valence-corrected chi connectivity index (χ1v) is 8.94. The standard InChI is InChI=1S/C18H24N2O3S/c1-19(2)5-6-20(10-14-4-7-24-12-14)11-15-8-16(21-3)18-17(9-15)22-13-23-18/h4,7-9,12H,5-6,10-11,13H2,1-3H3. The van der Waals surface area contributed by atoms with Crippen LogP contribution in [-0.4, -0.2) is 50.9 Å². The van der Waals surface area contributed by atoms with Crippen LogP contribution in [0.2, 0.25) is 0 Å². The highest BCUT2D eigenvalue weighted by molar-refractivity contribution is 7.07. The van der Waals surface area contributed by atoms with Crippen molar-refractivity contribution in [3.63, 3.8) is 0 Å². The van der Waals surface area contributed by atoms with E-state index in [9.17, 15) is 0 Å². The Morgan fingerprint density at radius 1 is 1.12 bits per heavy atom. The van der Waals surface area contributed by atoms with Crippen molar-refractivity contribution in [3.05, 3.63) is 40.1 Å². The second-order valence-electron chi connectivity index (χ2n) is 6.18. The van der Waals surface area contributed by atoms with E-state index in [1.807, 2.05) is 6.07 Å². The topological polar surface area (TPSA) is 34.2 Å². The van der Waals surface area contributed by atoms with Crippen LogP contribution >= 0.6 is 11.3 Å². The number of ether oxygens (including phenoxy) is 3. The Morgan fingerprint density at radius 3 is 2.67 bits per heavy atom. The Hall–Kier alpha value is -1.76. The van der Waals surface area contributed by atoms with Crippen molar-refractivity contribution >= 4 is 11.3 Å². The molecule has 3 rings (SSSR count). The smallest absolute Gasteiger partial charge is 0.231 e. The number of hydrogen-bond donors (Lipinski definition) is 0. The van der Waals surface area contributed by atoms with Crippen molar-refractivity contribution in [2.75, 3.05) is 41.1 Å². The molecule has 0 spiro atoms. The van der Waals surface area contributed by atoms with Gasteiger partial charge in [-0.25, -0.2) is 0 Å². The lowest BCUT2D eigenvalue weighted by atomic mass is 10.1. The molecule has 0 atom stereocenters. The summed E-state index contributed by atoms with van der Waals surface area (Å²) >= 11 is 1.74. The average Bonchev–Trinajstić information content (AvgIpc) is 3.23. The lowest BCUT2D eigenvalue weighted by Gasteiger charge is -2.24. The SMILES string of the molecule is COc1cc(CN(CCN(C)C)Cc2ccsc2)cc2c1OCO2. The number of likely N-dealkylation sites (N-methyl/N-ethyl adjacent to an activating group) is 1. The van der Waals surface area contributed by atoms with Crippen LogP contribution in [-0.2, 0) is 13.1 Å². The molecule has 0 bridgehead atoms. The fraction of sp³-hybridized carbons (Fsp3) is 0.444. The summed E-state index contributed by atoms with van der Waals surface area (Å²) in [5.74, 6) is 2.22. The van der Waals surface area contributed by atoms with Crippen molar-refractivity contribution in [3.8, 4) is 17.2 Å². The first-order chi connectivity index (χ1) is 11.7. The molecule has 0 unspecified atom stereocenters. The van der Waals surface area contributed by atoms with Gasteiger partial charge in [-0.15, -0.1) is 0 Å². The first-order valence-electron chi connectivity index (χ1n) is 8.00. The van der Waals surface area contributed by atoms with Crippen LogP contribution in [0.1, 0.15) is 11.1 Å². The zero-order chi connectivity index (χ0) is 16.9. The number of methoxy groups -OCH3 is 1. The van der Waals surface area contributed by atoms with Gasteiger partial charge in [0.05, 0.1) is 7.11 Å². The fourth-order valence-corrected chi connectivity index (χ4v) is 3.39. The van der Waals surface area contributed by atoms with E-state index in [4.69, 9.17) is 14.2 Å². The molecule has 1 aromatic carbocycles. The summed E-state index contributed by atoms with van der Waals surface area (Å²) in [6.07, 6.45) is 0. The van der Waals surface area contributed by atoms with Gasteiger partial charge in [0.15, 0.2) is 11.5 Å². The van der Waals surface area contributed by atoms with Crippen LogP contribution < -0.4 is 14.2 Å². The molecule has 2 heterocycles. The summed E-state index contributed by atoms with van der Waals surface area (Å²) in [5.41, 5.74) is 2.52. The molecule has 5 nitrogen and oxygen atoms in total. The highest BCUT2D eigenvalue weighted by atomic mass is 32.1. The van der Waals surface area contributed by atoms with Gasteiger partial charge in [0, 0.05) is 26.2 Å². The van der Waals surface area contributed by atoms with Crippen molar-refractivity contribution in [2.24, 2.45) is 0 Å². The van der Waals surface area contributed by atoms with E-state index in [0.717, 1.165) is 37.7 Å². The van der Waals surface area contributed by atoms with E-state index in [0.29, 0.717) is 5.75 Å². The highest BCUT2D eigenvalue weighted by Crippen LogP contribution is 2.42. The Morgan fingerprint density at radius 2 is 1.96 bits per heavy atom. The Kier molecular flexibility index (Phi) is 5.60. The molecule has 0 N–H and O–H groups in total. The lowest BCUT2D eigenvalue weighted by molar-refractivity contribution is 0.171. The summed E-state index contributed by atoms with van der Waals surface area (Å²) in [4.78, 5) is 4.65. The van der Waals surface area contributed by atoms with Crippen molar-refractivity contribution in [2.45, 2.75) is 13.1 Å². The van der Waals surface area contributed by atoms with Crippen LogP contribution in [0, 0.1) is 0 Å². The minimum absolute atomic E-state index is 0.258. The van der Waals surface area contributed by atoms with E-state index in [1.165, 1.54) is 11.1 Å². The van der Waals surface area contributed by atoms with Crippen LogP contribution in [0.15, 0.2) is 29.0 Å². The maximum Gasteiger partial charge on any atom is 0.231 e. The highest BCUT2D eigenvalue weighted by Gasteiger charge is 2.21. The zero-order valence-electron chi connectivity index (χ0n) is 14.4. The largest absolute Gasteiger partial charge is 0.493 e. The molecule has 0 radical (unpaired) electrons. The van der Waals surface area contributed by atoms with Gasteiger partial charge in [-0.2, -0.15) is 11.3 Å². The molecule has 0 amide bonds. The number of rotatable bonds is 8. The molecular weight excluding hydrogens is 324 g/mol. The van der Waals surface area contributed by atoms with Gasteiger partial charge >= 0.3 is 0 Å². The van der Waals surface area contributed by atoms with Gasteiger partial charge in [-0.3, -0.25) is 4.90 Å². The van der Waals surface area contributed by atoms with Gasteiger partial charge in [0.2, 0.25) is 12.5 Å². The number of benzene rings is 1. The monoisotopic (exact) mass is 348 g/mol. The van der Waals surface area contributed by atoms with E-state index < -0.39 is 0 Å². The molecule has 0 fully saturated rings. The first kappa shape index (κ1) is 17.1. The minimum Gasteiger partial charge on any atom is -0.493 e. The molecular formula is C18H24N2O3S. The second-order valence-corrected chi connectivity index (χ2v) is 6.96. The molecule has 24 heavy (non-hydrogen) atoms. The third-order valence-electron chi connectivity index (χ3n) is 3.97. The van der Waals surface area contributed by atoms with Gasteiger partial charge in [-0.1, -0.05) is 0 Å². The number of thiophene rings is 1. The number of hydrogen-bond acceptors (Lipinski definition) is 6. The summed E-state index contributed by atoms with van der Waals surface area (Å²) in [7, 11) is 5.87. The Balaban J connectivity index is 1.76. The summed E-state index contributed by atoms with van der Waals surface area (Å²) in [5, 5.41) is 4.34. The molecule has 0 aliphatic carbocycles. The molecule has 0 saturated heterocycles. The number of fused-ring (bicyclic) bond motifs is 1. The van der Waals surface area contributed by atoms with E-state index in [1.54, 1.807) is 18.4 Å². The molecule has 1 aliphatic heterocycles. The maximum absolute atomic E-state index is 5.54. The predicted molar refractivity (Wildman–Crippen MR) is 96.1 cm³/mol. The van der Waals surface area contributed by atoms with E-state index in [-0.39, 0.29) is 6.79 Å². The number of nitrogens with zero attached hydrogens (tertiary/aromatic N) is 2. The summed E-state index contributed by atoms with van der Waals surface area (Å²) in [6, 6.07) is 6.29. The Bertz CT molecular complexity index is 659. The lowest BCUT2D eigenvalue weighted by Crippen LogP contribution is -2.31. The minimum atomic E-state index is 0.258. The molecule has 6 heteroatoms. The second kappa shape index (κ2) is 7.88. The van der Waals surface area contributed by atoms with Gasteiger partial charge in [0.25, 0.3) is 0 Å². The van der Waals surface area contributed by atoms with Crippen LogP contribution in [0.25, 0.3) is 0 Å². The van der Waals surface area contributed by atoms with Crippen LogP contribution in [0.3, 0.4) is 0 Å². The molecule has 1 aliphatic rings. The fourth-order valence-electron chi connectivity index (χ4n) is 2.73. The summed E-state index contributed by atoms with van der Waals surface area (Å²) < 4.78 is 16.5. The van der Waals surface area contributed by atoms with E-state index in [2.05, 4.69) is 46.8 Å². The average molecular weight is 348 g/mol. The van der Waals surface area contributed by atoms with Crippen LogP contribution in [0.4, 0.5) is 0 Å². The van der Waals surface area contributed by atoms with Gasteiger partial charge in [0.1, 0.15) is 0 Å². The molecule has 2 aromatic rings. The van der Waals surface area contributed by atoms with Gasteiger partial charge < -0.3 is 19.1 Å². The van der Waals surface area contributed by atoms with Crippen molar-refractivity contribution in [1.29, 1.82) is 0 Å². The molecule has 0 saturated carbocycles. The quantitative estimate of drug-likeness (QED) is 0.732. The maximum atomic E-state index is 5.54. The third-order valence-corrected chi connectivity index (χ3v) is 4.71. The normalized spacial score (nSPS) is 13.0. The summed E-state index contributed by atoms with van der Waals surface area (Å²) in [6.45, 7) is 4.06. The van der Waals surface area contributed by atoms with Gasteiger partial charge in [-0.05, 0) is 54.2 Å². The van der Waals surface area contributed by atoms with Crippen LogP contribution in [0.5, 0.6) is 17.2 Å². The Labute approximate surface area is 147 Å². The molecule has 1 aromatic heterocycles.